The van der Waals surface area contributed by atoms with Crippen molar-refractivity contribution in [2.75, 3.05) is 7.05 Å². The Bertz CT molecular complexity index is 626. The summed E-state index contributed by atoms with van der Waals surface area (Å²) in [6.07, 6.45) is 3.36. The normalized spacial score (nSPS) is 17.6. The van der Waals surface area contributed by atoms with Gasteiger partial charge in [0, 0.05) is 29.4 Å². The third kappa shape index (κ3) is 2.84. The molecule has 1 aliphatic rings. The van der Waals surface area contributed by atoms with Gasteiger partial charge in [-0.2, -0.15) is 0 Å². The Morgan fingerprint density at radius 2 is 1.76 bits per heavy atom. The van der Waals surface area contributed by atoms with Crippen molar-refractivity contribution in [1.82, 2.24) is 15.3 Å². The first-order valence-corrected chi connectivity index (χ1v) is 7.74. The summed E-state index contributed by atoms with van der Waals surface area (Å²) in [6, 6.07) is 8.76. The van der Waals surface area contributed by atoms with E-state index in [1.807, 2.05) is 7.05 Å². The predicted octanol–water partition coefficient (Wildman–Crippen LogP) is 3.09. The van der Waals surface area contributed by atoms with Crippen LogP contribution in [0.25, 0.3) is 0 Å². The molecule has 3 heteroatoms. The van der Waals surface area contributed by atoms with Crippen LogP contribution >= 0.6 is 0 Å². The van der Waals surface area contributed by atoms with E-state index in [0.717, 1.165) is 43.0 Å². The van der Waals surface area contributed by atoms with Crippen LogP contribution in [0.2, 0.25) is 0 Å². The van der Waals surface area contributed by atoms with Gasteiger partial charge in [0.25, 0.3) is 0 Å². The first kappa shape index (κ1) is 14.2. The molecule has 0 amide bonds. The lowest BCUT2D eigenvalue weighted by Gasteiger charge is -2.24. The highest BCUT2D eigenvalue weighted by atomic mass is 14.9. The van der Waals surface area contributed by atoms with Crippen LogP contribution in [-0.2, 0) is 19.4 Å². The summed E-state index contributed by atoms with van der Waals surface area (Å²) in [5.74, 6) is 1.49. The minimum Gasteiger partial charge on any atom is -0.316 e. The van der Waals surface area contributed by atoms with E-state index in [-0.39, 0.29) is 0 Å². The number of nitrogens with one attached hydrogen (secondary N) is 1. The quantitative estimate of drug-likeness (QED) is 0.939. The van der Waals surface area contributed by atoms with Crippen LogP contribution in [0.5, 0.6) is 0 Å². The van der Waals surface area contributed by atoms with Crippen molar-refractivity contribution in [3.8, 4) is 0 Å². The molecular weight excluding hydrogens is 258 g/mol. The molecule has 3 nitrogen and oxygen atoms in total. The van der Waals surface area contributed by atoms with Gasteiger partial charge in [-0.15, -0.1) is 0 Å². The smallest absolute Gasteiger partial charge is 0.132 e. The topological polar surface area (TPSA) is 37.8 Å². The summed E-state index contributed by atoms with van der Waals surface area (Å²) in [5.41, 5.74) is 6.43. The lowest BCUT2D eigenvalue weighted by Crippen LogP contribution is -2.18. The maximum atomic E-state index is 4.80. The summed E-state index contributed by atoms with van der Waals surface area (Å²) in [4.78, 5) is 9.60. The van der Waals surface area contributed by atoms with Crippen LogP contribution in [0, 0.1) is 13.8 Å². The number of aryl methyl sites for hydroxylation is 3. The van der Waals surface area contributed by atoms with Crippen molar-refractivity contribution in [3.05, 3.63) is 58.2 Å². The molecule has 1 atom stereocenters. The molecule has 1 N–H and O–H groups in total. The van der Waals surface area contributed by atoms with Crippen LogP contribution in [0.4, 0.5) is 0 Å². The Hall–Kier alpha value is -1.74. The number of hydrogen-bond acceptors (Lipinski definition) is 3. The van der Waals surface area contributed by atoms with Crippen molar-refractivity contribution in [3.63, 3.8) is 0 Å². The highest BCUT2D eigenvalue weighted by molar-refractivity contribution is 5.32. The second-order valence-electron chi connectivity index (χ2n) is 5.97. The number of benzene rings is 1. The highest BCUT2D eigenvalue weighted by Crippen LogP contribution is 2.31. The van der Waals surface area contributed by atoms with E-state index in [1.54, 1.807) is 0 Å². The molecule has 21 heavy (non-hydrogen) atoms. The van der Waals surface area contributed by atoms with Crippen molar-refractivity contribution in [1.29, 1.82) is 0 Å². The average molecular weight is 281 g/mol. The van der Waals surface area contributed by atoms with Crippen molar-refractivity contribution < 1.29 is 0 Å². The second kappa shape index (κ2) is 5.94. The summed E-state index contributed by atoms with van der Waals surface area (Å²) in [5, 5.41) is 3.20. The van der Waals surface area contributed by atoms with Gasteiger partial charge in [0.15, 0.2) is 0 Å². The molecule has 0 radical (unpaired) electrons. The monoisotopic (exact) mass is 281 g/mol. The molecular formula is C18H23N3. The summed E-state index contributed by atoms with van der Waals surface area (Å²) in [7, 11) is 1.96. The third-order valence-corrected chi connectivity index (χ3v) is 4.50. The van der Waals surface area contributed by atoms with Crippen LogP contribution in [0.15, 0.2) is 24.3 Å². The van der Waals surface area contributed by atoms with Gasteiger partial charge in [0.1, 0.15) is 5.82 Å². The van der Waals surface area contributed by atoms with E-state index in [0.29, 0.717) is 5.92 Å². The van der Waals surface area contributed by atoms with Gasteiger partial charge in [-0.05, 0) is 51.3 Å². The van der Waals surface area contributed by atoms with Crippen LogP contribution in [0.3, 0.4) is 0 Å². The molecule has 2 aromatic rings. The fourth-order valence-electron chi connectivity index (χ4n) is 3.30. The maximum absolute atomic E-state index is 4.80. The zero-order chi connectivity index (χ0) is 14.8. The molecule has 1 aromatic heterocycles. The first-order valence-electron chi connectivity index (χ1n) is 7.74. The van der Waals surface area contributed by atoms with E-state index in [1.165, 1.54) is 16.7 Å². The molecule has 1 aromatic carbocycles. The average Bonchev–Trinajstić information content (AvgIpc) is 2.50. The molecule has 0 saturated carbocycles. The summed E-state index contributed by atoms with van der Waals surface area (Å²) >= 11 is 0. The van der Waals surface area contributed by atoms with Gasteiger partial charge in [-0.25, -0.2) is 9.97 Å². The number of fused-ring (bicyclic) bond motifs is 1. The number of hydrogen-bond donors (Lipinski definition) is 1. The zero-order valence-electron chi connectivity index (χ0n) is 13.1. The molecule has 110 valence electrons. The fourth-order valence-corrected chi connectivity index (χ4v) is 3.30. The predicted molar refractivity (Wildman–Crippen MR) is 85.5 cm³/mol. The third-order valence-electron chi connectivity index (χ3n) is 4.50. The molecule has 0 spiro atoms. The number of nitrogens with zero attached hydrogens (tertiary/aromatic N) is 2. The minimum atomic E-state index is 0.459. The van der Waals surface area contributed by atoms with Gasteiger partial charge in [0.2, 0.25) is 0 Å². The van der Waals surface area contributed by atoms with Crippen molar-refractivity contribution in [2.24, 2.45) is 0 Å². The van der Waals surface area contributed by atoms with Crippen LogP contribution < -0.4 is 5.32 Å². The second-order valence-corrected chi connectivity index (χ2v) is 5.97. The fraction of sp³-hybridized carbons (Fsp3) is 0.444. The van der Waals surface area contributed by atoms with E-state index in [4.69, 9.17) is 9.97 Å². The van der Waals surface area contributed by atoms with Crippen LogP contribution in [-0.4, -0.2) is 17.0 Å². The SMILES string of the molecule is CNCc1c(C)nc(C2CCc3ccccc3C2)nc1C. The Kier molecular flexibility index (Phi) is 4.02. The maximum Gasteiger partial charge on any atom is 0.132 e. The molecule has 0 bridgehead atoms. The van der Waals surface area contributed by atoms with E-state index in [9.17, 15) is 0 Å². The molecule has 0 saturated heterocycles. The molecule has 0 fully saturated rings. The lowest BCUT2D eigenvalue weighted by atomic mass is 9.83. The molecule has 3 rings (SSSR count). The van der Waals surface area contributed by atoms with Crippen LogP contribution in [0.1, 0.15) is 46.2 Å². The van der Waals surface area contributed by atoms with Crippen molar-refractivity contribution >= 4 is 0 Å². The van der Waals surface area contributed by atoms with Gasteiger partial charge < -0.3 is 5.32 Å². The van der Waals surface area contributed by atoms with E-state index < -0.39 is 0 Å². The van der Waals surface area contributed by atoms with Gasteiger partial charge in [-0.1, -0.05) is 24.3 Å². The van der Waals surface area contributed by atoms with Gasteiger partial charge in [0.05, 0.1) is 0 Å². The number of aromatic nitrogens is 2. The van der Waals surface area contributed by atoms with Gasteiger partial charge >= 0.3 is 0 Å². The highest BCUT2D eigenvalue weighted by Gasteiger charge is 2.23. The lowest BCUT2D eigenvalue weighted by molar-refractivity contribution is 0.549. The Morgan fingerprint density at radius 3 is 2.43 bits per heavy atom. The summed E-state index contributed by atoms with van der Waals surface area (Å²) < 4.78 is 0. The zero-order valence-corrected chi connectivity index (χ0v) is 13.1. The largest absolute Gasteiger partial charge is 0.316 e. The van der Waals surface area contributed by atoms with E-state index in [2.05, 4.69) is 43.4 Å². The Balaban J connectivity index is 1.89. The Morgan fingerprint density at radius 1 is 1.10 bits per heavy atom. The molecule has 1 heterocycles. The Labute approximate surface area is 126 Å². The van der Waals surface area contributed by atoms with Crippen molar-refractivity contribution in [2.45, 2.75) is 45.6 Å². The number of rotatable bonds is 3. The molecule has 1 aliphatic carbocycles. The minimum absolute atomic E-state index is 0.459. The van der Waals surface area contributed by atoms with Gasteiger partial charge in [-0.3, -0.25) is 0 Å². The standard InChI is InChI=1S/C18H23N3/c1-12-17(11-19-3)13(2)21-18(20-12)16-9-8-14-6-4-5-7-15(14)10-16/h4-7,16,19H,8-11H2,1-3H3. The molecule has 1 unspecified atom stereocenters. The first-order chi connectivity index (χ1) is 10.2. The van der Waals surface area contributed by atoms with E-state index >= 15 is 0 Å². The summed E-state index contributed by atoms with van der Waals surface area (Å²) in [6.45, 7) is 5.04. The molecule has 0 aliphatic heterocycles.